The summed E-state index contributed by atoms with van der Waals surface area (Å²) in [5.74, 6) is -0.104. The van der Waals surface area contributed by atoms with Crippen molar-refractivity contribution >= 4 is 27.9 Å². The minimum Gasteiger partial charge on any atom is -0.496 e. The molecule has 0 saturated heterocycles. The molecular weight excluding hydrogens is 530 g/mol. The van der Waals surface area contributed by atoms with Gasteiger partial charge in [0.2, 0.25) is 0 Å². The molecule has 8 nitrogen and oxygen atoms in total. The fourth-order valence-electron chi connectivity index (χ4n) is 4.03. The third-order valence-electron chi connectivity index (χ3n) is 5.57. The maximum Gasteiger partial charge on any atom is 0.336 e. The summed E-state index contributed by atoms with van der Waals surface area (Å²) in [6, 6.07) is 11.0. The highest BCUT2D eigenvalue weighted by Gasteiger charge is 2.37. The highest BCUT2D eigenvalue weighted by atomic mass is 79.9. The van der Waals surface area contributed by atoms with Crippen LogP contribution in [0.5, 0.6) is 17.2 Å². The first kappa shape index (κ1) is 27.1. The van der Waals surface area contributed by atoms with E-state index >= 15 is 0 Å². The third kappa shape index (κ3) is 6.02. The van der Waals surface area contributed by atoms with Gasteiger partial charge in [-0.2, -0.15) is 0 Å². The average molecular weight is 560 g/mol. The van der Waals surface area contributed by atoms with Crippen LogP contribution in [0.3, 0.4) is 0 Å². The molecule has 1 aliphatic heterocycles. The van der Waals surface area contributed by atoms with E-state index in [1.165, 1.54) is 0 Å². The van der Waals surface area contributed by atoms with Gasteiger partial charge in [-0.15, -0.1) is 0 Å². The van der Waals surface area contributed by atoms with Crippen LogP contribution < -0.4 is 14.2 Å². The van der Waals surface area contributed by atoms with Gasteiger partial charge >= 0.3 is 11.9 Å². The lowest BCUT2D eigenvalue weighted by atomic mass is 9.82. The van der Waals surface area contributed by atoms with E-state index in [4.69, 9.17) is 23.7 Å². The molecule has 36 heavy (non-hydrogen) atoms. The van der Waals surface area contributed by atoms with E-state index in [0.29, 0.717) is 40.5 Å². The average Bonchev–Trinajstić information content (AvgIpc) is 2.88. The molecule has 1 aliphatic rings. The predicted molar refractivity (Wildman–Crippen MR) is 138 cm³/mol. The Bertz CT molecular complexity index is 1140. The molecule has 0 spiro atoms. The molecule has 0 aromatic heterocycles. The van der Waals surface area contributed by atoms with Gasteiger partial charge in [-0.3, -0.25) is 0 Å². The maximum absolute atomic E-state index is 13.2. The largest absolute Gasteiger partial charge is 0.496 e. The topological polar surface area (TPSA) is 83.5 Å². The van der Waals surface area contributed by atoms with Gasteiger partial charge in [0.15, 0.2) is 11.5 Å². The normalized spacial score (nSPS) is 13.4. The van der Waals surface area contributed by atoms with Crippen molar-refractivity contribution in [2.75, 3.05) is 34.5 Å². The summed E-state index contributed by atoms with van der Waals surface area (Å²) >= 11 is 3.49. The quantitative estimate of drug-likeness (QED) is 0.377. The van der Waals surface area contributed by atoms with Gasteiger partial charge in [0.05, 0.1) is 51.6 Å². The smallest absolute Gasteiger partial charge is 0.336 e. The number of carbonyl (C=O) groups excluding carboxylic acids is 2. The van der Waals surface area contributed by atoms with E-state index in [1.54, 1.807) is 64.6 Å². The Kier molecular flexibility index (Phi) is 9.41. The van der Waals surface area contributed by atoms with Crippen LogP contribution in [0.4, 0.5) is 0 Å². The third-order valence-corrected chi connectivity index (χ3v) is 6.06. The predicted octanol–water partition coefficient (Wildman–Crippen LogP) is 4.97. The number of carbonyl (C=O) groups is 2. The first-order chi connectivity index (χ1) is 17.4. The zero-order valence-corrected chi connectivity index (χ0v) is 22.6. The summed E-state index contributed by atoms with van der Waals surface area (Å²) < 4.78 is 27.9. The van der Waals surface area contributed by atoms with E-state index in [-0.39, 0.29) is 13.2 Å². The second kappa shape index (κ2) is 12.5. The van der Waals surface area contributed by atoms with E-state index in [1.807, 2.05) is 24.3 Å². The van der Waals surface area contributed by atoms with Crippen LogP contribution in [0.1, 0.15) is 30.9 Å². The molecule has 0 atom stereocenters. The van der Waals surface area contributed by atoms with Crippen LogP contribution in [0.2, 0.25) is 0 Å². The number of halogens is 1. The Morgan fingerprint density at radius 1 is 0.806 bits per heavy atom. The number of methoxy groups -OCH3 is 3. The van der Waals surface area contributed by atoms with Crippen molar-refractivity contribution in [2.24, 2.45) is 0 Å². The summed E-state index contributed by atoms with van der Waals surface area (Å²) in [4.78, 5) is 28.1. The van der Waals surface area contributed by atoms with E-state index in [9.17, 15) is 9.59 Å². The number of rotatable bonds is 10. The van der Waals surface area contributed by atoms with Gasteiger partial charge < -0.3 is 28.6 Å². The van der Waals surface area contributed by atoms with E-state index < -0.39 is 17.9 Å². The van der Waals surface area contributed by atoms with Gasteiger partial charge in [0, 0.05) is 29.0 Å². The first-order valence-corrected chi connectivity index (χ1v) is 12.2. The molecule has 0 amide bonds. The maximum atomic E-state index is 13.2. The molecular formula is C27H30BrNO7. The van der Waals surface area contributed by atoms with Crippen molar-refractivity contribution in [1.29, 1.82) is 0 Å². The molecule has 0 aliphatic carbocycles. The van der Waals surface area contributed by atoms with Crippen LogP contribution in [0.25, 0.3) is 0 Å². The molecule has 0 saturated carbocycles. The van der Waals surface area contributed by atoms with Gasteiger partial charge in [-0.05, 0) is 49.7 Å². The summed E-state index contributed by atoms with van der Waals surface area (Å²) in [5, 5.41) is 0. The summed E-state index contributed by atoms with van der Waals surface area (Å²) in [6.07, 6.45) is 3.39. The highest BCUT2D eigenvalue weighted by Crippen LogP contribution is 2.42. The molecule has 0 N–H and O–H groups in total. The number of benzene rings is 2. The number of hydrogen-bond acceptors (Lipinski definition) is 8. The van der Waals surface area contributed by atoms with Crippen LogP contribution in [-0.4, -0.2) is 51.4 Å². The molecule has 0 bridgehead atoms. The van der Waals surface area contributed by atoms with E-state index in [0.717, 1.165) is 10.0 Å². The number of hydrogen-bond donors (Lipinski definition) is 0. The Hall–Kier alpha value is -3.46. The zero-order chi connectivity index (χ0) is 26.2. The summed E-state index contributed by atoms with van der Waals surface area (Å²) in [7, 11) is 4.68. The fourth-order valence-corrected chi connectivity index (χ4v) is 4.41. The Labute approximate surface area is 219 Å². The van der Waals surface area contributed by atoms with Crippen LogP contribution >= 0.6 is 15.9 Å². The molecule has 2 aromatic rings. The Balaban J connectivity index is 2.14. The molecule has 2 aromatic carbocycles. The highest BCUT2D eigenvalue weighted by molar-refractivity contribution is 9.10. The molecule has 192 valence electrons. The number of ether oxygens (including phenoxy) is 5. The first-order valence-electron chi connectivity index (χ1n) is 11.4. The zero-order valence-electron chi connectivity index (χ0n) is 21.0. The number of esters is 2. The lowest BCUT2D eigenvalue weighted by Crippen LogP contribution is -2.29. The lowest BCUT2D eigenvalue weighted by molar-refractivity contribution is -0.139. The molecule has 0 radical (unpaired) electrons. The van der Waals surface area contributed by atoms with Gasteiger partial charge in [-0.1, -0.05) is 22.0 Å². The molecule has 9 heteroatoms. The van der Waals surface area contributed by atoms with Crippen molar-refractivity contribution < 1.29 is 33.3 Å². The van der Waals surface area contributed by atoms with Crippen molar-refractivity contribution in [3.05, 3.63) is 75.5 Å². The van der Waals surface area contributed by atoms with Crippen molar-refractivity contribution in [1.82, 2.24) is 4.90 Å². The van der Waals surface area contributed by atoms with Crippen molar-refractivity contribution in [3.8, 4) is 17.2 Å². The number of nitrogens with zero attached hydrogens (tertiary/aromatic N) is 1. The fraction of sp³-hybridized carbons (Fsp3) is 0.333. The van der Waals surface area contributed by atoms with Crippen molar-refractivity contribution in [3.63, 3.8) is 0 Å². The minimum atomic E-state index is -0.753. The van der Waals surface area contributed by atoms with Crippen LogP contribution in [0, 0.1) is 0 Å². The van der Waals surface area contributed by atoms with Crippen LogP contribution in [-0.2, 0) is 25.6 Å². The summed E-state index contributed by atoms with van der Waals surface area (Å²) in [6.45, 7) is 4.20. The molecule has 0 unspecified atom stereocenters. The lowest BCUT2D eigenvalue weighted by Gasteiger charge is -2.31. The Morgan fingerprint density at radius 3 is 1.89 bits per heavy atom. The Morgan fingerprint density at radius 2 is 1.36 bits per heavy atom. The molecule has 1 heterocycles. The summed E-state index contributed by atoms with van der Waals surface area (Å²) in [5.41, 5.74) is 2.10. The second-order valence-corrected chi connectivity index (χ2v) is 8.71. The van der Waals surface area contributed by atoms with E-state index in [2.05, 4.69) is 15.9 Å². The SMILES string of the molecule is CCOC(=O)C1=CN(Cc2ccc(OC)c(OC)c2)C=C(C(=O)OCC)C1c1cc(Br)ccc1OC. The van der Waals surface area contributed by atoms with Crippen molar-refractivity contribution in [2.45, 2.75) is 26.3 Å². The monoisotopic (exact) mass is 559 g/mol. The van der Waals surface area contributed by atoms with Gasteiger partial charge in [-0.25, -0.2) is 9.59 Å². The van der Waals surface area contributed by atoms with Gasteiger partial charge in [0.1, 0.15) is 5.75 Å². The van der Waals surface area contributed by atoms with Crippen LogP contribution in [0.15, 0.2) is 64.4 Å². The second-order valence-electron chi connectivity index (χ2n) is 7.79. The van der Waals surface area contributed by atoms with Gasteiger partial charge in [0.25, 0.3) is 0 Å². The molecule has 0 fully saturated rings. The molecule has 3 rings (SSSR count). The minimum absolute atomic E-state index is 0.187. The standard InChI is InChI=1S/C27H30BrNO7/c1-6-35-26(30)20-15-29(14-17-8-10-23(33-4)24(12-17)34-5)16-21(27(31)36-7-2)25(20)19-13-18(28)9-11-22(19)32-3/h8-13,15-16,25H,6-7,14H2,1-5H3.